The van der Waals surface area contributed by atoms with Crippen molar-refractivity contribution in [1.29, 1.82) is 0 Å². The second-order valence-electron chi connectivity index (χ2n) is 5.69. The molecule has 0 saturated heterocycles. The Kier molecular flexibility index (Phi) is 4.31. The summed E-state index contributed by atoms with van der Waals surface area (Å²) in [4.78, 5) is 11.3. The zero-order valence-electron chi connectivity index (χ0n) is 12.0. The molecule has 0 aromatic heterocycles. The molecule has 1 aromatic rings. The molecule has 104 valence electrons. The summed E-state index contributed by atoms with van der Waals surface area (Å²) < 4.78 is 0. The molecule has 1 aromatic carbocycles. The molecule has 0 unspecified atom stereocenters. The fraction of sp³-hybridized carbons (Fsp3) is 0.400. The third-order valence-electron chi connectivity index (χ3n) is 3.18. The number of rotatable bonds is 2. The summed E-state index contributed by atoms with van der Waals surface area (Å²) in [6.45, 7) is 9.43. The molecular formula is C15H20ClNO2. The van der Waals surface area contributed by atoms with E-state index >= 15 is 0 Å². The first kappa shape index (κ1) is 15.6. The molecule has 4 heteroatoms. The van der Waals surface area contributed by atoms with Crippen molar-refractivity contribution in [3.8, 4) is 0 Å². The van der Waals surface area contributed by atoms with E-state index in [0.717, 1.165) is 16.7 Å². The summed E-state index contributed by atoms with van der Waals surface area (Å²) in [7, 11) is 0. The van der Waals surface area contributed by atoms with Crippen LogP contribution in [-0.4, -0.2) is 11.1 Å². The molecule has 0 radical (unpaired) electrons. The number of allylic oxidation sites excluding steroid dienone is 1. The van der Waals surface area contributed by atoms with E-state index in [9.17, 15) is 9.90 Å². The zero-order valence-corrected chi connectivity index (χ0v) is 12.7. The molecular weight excluding hydrogens is 262 g/mol. The van der Waals surface area contributed by atoms with Gasteiger partial charge in [-0.3, -0.25) is 0 Å². The number of hydrogen-bond donors (Lipinski definition) is 2. The number of carbonyl (C=O) groups is 1. The van der Waals surface area contributed by atoms with Crippen LogP contribution in [-0.2, 0) is 4.79 Å². The van der Waals surface area contributed by atoms with Crippen LogP contribution in [0.2, 0.25) is 5.02 Å². The molecule has 1 rings (SSSR count). The van der Waals surface area contributed by atoms with Gasteiger partial charge in [0.25, 0.3) is 0 Å². The number of nitrogens with two attached hydrogens (primary N) is 1. The monoisotopic (exact) mass is 281 g/mol. The van der Waals surface area contributed by atoms with Gasteiger partial charge < -0.3 is 10.8 Å². The molecule has 0 heterocycles. The van der Waals surface area contributed by atoms with Crippen LogP contribution in [0.3, 0.4) is 0 Å². The van der Waals surface area contributed by atoms with Gasteiger partial charge >= 0.3 is 5.97 Å². The van der Waals surface area contributed by atoms with Gasteiger partial charge in [-0.15, -0.1) is 0 Å². The SMILES string of the molecule is C/C(C(=O)O)=C(\c1ccc(Cl)c(N)c1C)C(C)(C)C. The van der Waals surface area contributed by atoms with Crippen LogP contribution in [0.4, 0.5) is 5.69 Å². The van der Waals surface area contributed by atoms with Crippen LogP contribution in [0.15, 0.2) is 17.7 Å². The second kappa shape index (κ2) is 5.25. The molecule has 0 saturated carbocycles. The van der Waals surface area contributed by atoms with Crippen molar-refractivity contribution in [3.63, 3.8) is 0 Å². The number of anilines is 1. The number of aliphatic carboxylic acids is 1. The van der Waals surface area contributed by atoms with Crippen molar-refractivity contribution in [2.45, 2.75) is 34.6 Å². The summed E-state index contributed by atoms with van der Waals surface area (Å²) in [5.74, 6) is -0.919. The molecule has 0 aliphatic heterocycles. The van der Waals surface area contributed by atoms with Crippen LogP contribution in [0.5, 0.6) is 0 Å². The van der Waals surface area contributed by atoms with Crippen molar-refractivity contribution in [1.82, 2.24) is 0 Å². The predicted octanol–water partition coefficient (Wildman–Crippen LogP) is 4.13. The van der Waals surface area contributed by atoms with E-state index < -0.39 is 5.97 Å². The summed E-state index contributed by atoms with van der Waals surface area (Å²) >= 11 is 5.99. The van der Waals surface area contributed by atoms with E-state index in [1.165, 1.54) is 0 Å². The third kappa shape index (κ3) is 3.10. The van der Waals surface area contributed by atoms with Crippen LogP contribution in [0, 0.1) is 12.3 Å². The number of carboxylic acid groups (broad SMARTS) is 1. The first-order valence-corrected chi connectivity index (χ1v) is 6.44. The number of benzene rings is 1. The first-order valence-electron chi connectivity index (χ1n) is 6.07. The smallest absolute Gasteiger partial charge is 0.331 e. The van der Waals surface area contributed by atoms with Gasteiger partial charge in [-0.1, -0.05) is 38.4 Å². The number of carboxylic acids is 1. The van der Waals surface area contributed by atoms with Crippen molar-refractivity contribution < 1.29 is 9.90 Å². The molecule has 3 N–H and O–H groups in total. The molecule has 19 heavy (non-hydrogen) atoms. The van der Waals surface area contributed by atoms with E-state index in [1.807, 2.05) is 33.8 Å². The number of halogens is 1. The van der Waals surface area contributed by atoms with Crippen molar-refractivity contribution in [3.05, 3.63) is 33.9 Å². The molecule has 3 nitrogen and oxygen atoms in total. The molecule has 0 fully saturated rings. The quantitative estimate of drug-likeness (QED) is 0.633. The Bertz CT molecular complexity index is 554. The van der Waals surface area contributed by atoms with Gasteiger partial charge in [0.1, 0.15) is 0 Å². The Morgan fingerprint density at radius 2 is 1.84 bits per heavy atom. The van der Waals surface area contributed by atoms with Gasteiger partial charge in [-0.25, -0.2) is 4.79 Å². The Hall–Kier alpha value is -1.48. The molecule has 0 aliphatic rings. The van der Waals surface area contributed by atoms with Crippen LogP contribution < -0.4 is 5.73 Å². The van der Waals surface area contributed by atoms with Crippen molar-refractivity contribution in [2.24, 2.45) is 5.41 Å². The standard InChI is InChI=1S/C15H20ClNO2/c1-8-10(6-7-11(16)13(8)17)12(15(3,4)5)9(2)14(18)19/h6-7H,17H2,1-5H3,(H,18,19)/b12-9-. The minimum atomic E-state index is -0.919. The third-order valence-corrected chi connectivity index (χ3v) is 3.51. The Morgan fingerprint density at radius 1 is 1.32 bits per heavy atom. The summed E-state index contributed by atoms with van der Waals surface area (Å²) in [5, 5.41) is 9.77. The second-order valence-corrected chi connectivity index (χ2v) is 6.10. The van der Waals surface area contributed by atoms with Gasteiger partial charge in [0.2, 0.25) is 0 Å². The summed E-state index contributed by atoms with van der Waals surface area (Å²) in [5.41, 5.74) is 8.91. The highest BCUT2D eigenvalue weighted by Crippen LogP contribution is 2.40. The van der Waals surface area contributed by atoms with Gasteiger partial charge in [0.15, 0.2) is 0 Å². The van der Waals surface area contributed by atoms with Gasteiger partial charge in [0, 0.05) is 5.57 Å². The predicted molar refractivity (Wildman–Crippen MR) is 80.3 cm³/mol. The fourth-order valence-corrected chi connectivity index (χ4v) is 2.45. The van der Waals surface area contributed by atoms with Crippen molar-refractivity contribution >= 4 is 28.8 Å². The minimum Gasteiger partial charge on any atom is -0.478 e. The molecule has 0 amide bonds. The summed E-state index contributed by atoms with van der Waals surface area (Å²) in [6.07, 6.45) is 0. The Morgan fingerprint density at radius 3 is 2.26 bits per heavy atom. The largest absolute Gasteiger partial charge is 0.478 e. The molecule has 0 spiro atoms. The lowest BCUT2D eigenvalue weighted by Crippen LogP contribution is -2.15. The fourth-order valence-electron chi connectivity index (χ4n) is 2.24. The van der Waals surface area contributed by atoms with Crippen molar-refractivity contribution in [2.75, 3.05) is 5.73 Å². The average molecular weight is 282 g/mol. The Labute approximate surface area is 119 Å². The average Bonchev–Trinajstić information content (AvgIpc) is 2.27. The number of nitrogen functional groups attached to an aromatic ring is 1. The lowest BCUT2D eigenvalue weighted by atomic mass is 9.78. The lowest BCUT2D eigenvalue weighted by Gasteiger charge is -2.27. The van der Waals surface area contributed by atoms with E-state index in [4.69, 9.17) is 17.3 Å². The maximum atomic E-state index is 11.3. The highest BCUT2D eigenvalue weighted by Gasteiger charge is 2.26. The molecule has 0 bridgehead atoms. The van der Waals surface area contributed by atoms with Gasteiger partial charge in [-0.05, 0) is 42.0 Å². The Balaban J connectivity index is 3.67. The van der Waals surface area contributed by atoms with Crippen LogP contribution >= 0.6 is 11.6 Å². The highest BCUT2D eigenvalue weighted by atomic mass is 35.5. The van der Waals surface area contributed by atoms with Gasteiger partial charge in [-0.2, -0.15) is 0 Å². The topological polar surface area (TPSA) is 63.3 Å². The van der Waals surface area contributed by atoms with E-state index in [-0.39, 0.29) is 5.41 Å². The zero-order chi connectivity index (χ0) is 15.0. The van der Waals surface area contributed by atoms with E-state index in [2.05, 4.69) is 0 Å². The number of hydrogen-bond acceptors (Lipinski definition) is 2. The maximum Gasteiger partial charge on any atom is 0.331 e. The lowest BCUT2D eigenvalue weighted by molar-refractivity contribution is -0.132. The first-order chi connectivity index (χ1) is 8.57. The van der Waals surface area contributed by atoms with E-state index in [0.29, 0.717) is 16.3 Å². The molecule has 0 atom stereocenters. The maximum absolute atomic E-state index is 11.3. The molecule has 0 aliphatic carbocycles. The van der Waals surface area contributed by atoms with E-state index in [1.54, 1.807) is 13.0 Å². The highest BCUT2D eigenvalue weighted by molar-refractivity contribution is 6.33. The summed E-state index contributed by atoms with van der Waals surface area (Å²) in [6, 6.07) is 3.54. The van der Waals surface area contributed by atoms with Crippen LogP contribution in [0.25, 0.3) is 5.57 Å². The minimum absolute atomic E-state index is 0.298. The van der Waals surface area contributed by atoms with Crippen LogP contribution in [0.1, 0.15) is 38.8 Å². The normalized spacial score (nSPS) is 13.2. The van der Waals surface area contributed by atoms with Gasteiger partial charge in [0.05, 0.1) is 10.7 Å².